The summed E-state index contributed by atoms with van der Waals surface area (Å²) in [4.78, 5) is 4.46. The van der Waals surface area contributed by atoms with Gasteiger partial charge in [0.2, 0.25) is 5.89 Å². The first-order chi connectivity index (χ1) is 9.20. The Labute approximate surface area is 119 Å². The lowest BCUT2D eigenvalue weighted by molar-refractivity contribution is 0.0134. The van der Waals surface area contributed by atoms with Gasteiger partial charge in [-0.3, -0.25) is 4.68 Å². The van der Waals surface area contributed by atoms with Crippen molar-refractivity contribution in [2.75, 3.05) is 6.61 Å². The van der Waals surface area contributed by atoms with E-state index in [9.17, 15) is 0 Å². The van der Waals surface area contributed by atoms with Gasteiger partial charge in [0.05, 0.1) is 16.8 Å². The van der Waals surface area contributed by atoms with Crippen LogP contribution >= 0.6 is 15.9 Å². The van der Waals surface area contributed by atoms with Gasteiger partial charge in [-0.2, -0.15) is 10.1 Å². The number of aromatic nitrogens is 4. The molecule has 0 N–H and O–H groups in total. The molecule has 1 fully saturated rings. The predicted molar refractivity (Wildman–Crippen MR) is 70.7 cm³/mol. The molecular weight excluding hydrogens is 312 g/mol. The predicted octanol–water partition coefficient (Wildman–Crippen LogP) is 2.36. The minimum absolute atomic E-state index is 0.260. The Balaban J connectivity index is 1.69. The molecule has 6 nitrogen and oxygen atoms in total. The van der Waals surface area contributed by atoms with Crippen molar-refractivity contribution in [3.05, 3.63) is 28.6 Å². The molecule has 1 aliphatic heterocycles. The molecule has 0 bridgehead atoms. The summed E-state index contributed by atoms with van der Waals surface area (Å²) < 4.78 is 13.6. The van der Waals surface area contributed by atoms with Gasteiger partial charge in [0.15, 0.2) is 5.82 Å². The average Bonchev–Trinajstić information content (AvgIpc) is 2.99. The first-order valence-corrected chi connectivity index (χ1v) is 7.12. The molecule has 0 aromatic carbocycles. The minimum atomic E-state index is 0.260. The first kappa shape index (κ1) is 12.8. The van der Waals surface area contributed by atoms with E-state index >= 15 is 0 Å². The third-order valence-electron chi connectivity index (χ3n) is 3.22. The van der Waals surface area contributed by atoms with E-state index in [-0.39, 0.29) is 6.10 Å². The van der Waals surface area contributed by atoms with Crippen LogP contribution in [0, 0.1) is 0 Å². The molecule has 19 heavy (non-hydrogen) atoms. The lowest BCUT2D eigenvalue weighted by atomic mass is 9.96. The van der Waals surface area contributed by atoms with Gasteiger partial charge in [0, 0.05) is 18.7 Å². The van der Waals surface area contributed by atoms with Gasteiger partial charge in [0.25, 0.3) is 0 Å². The third-order valence-corrected chi connectivity index (χ3v) is 3.63. The third kappa shape index (κ3) is 3.03. The second kappa shape index (κ2) is 5.42. The summed E-state index contributed by atoms with van der Waals surface area (Å²) in [6.07, 6.45) is 5.76. The molecule has 7 heteroatoms. The maximum atomic E-state index is 5.53. The number of hydrogen-bond acceptors (Lipinski definition) is 5. The lowest BCUT2D eigenvalue weighted by Crippen LogP contribution is -2.22. The van der Waals surface area contributed by atoms with E-state index in [0.717, 1.165) is 29.8 Å². The molecule has 0 radical (unpaired) electrons. The first-order valence-electron chi connectivity index (χ1n) is 6.33. The second-order valence-electron chi connectivity index (χ2n) is 4.81. The Morgan fingerprint density at radius 3 is 3.16 bits per heavy atom. The minimum Gasteiger partial charge on any atom is -0.378 e. The summed E-state index contributed by atoms with van der Waals surface area (Å²) >= 11 is 3.36. The SMILES string of the molecule is CC1CC(c2nc(Cn3cc(Br)cn3)no2)CCO1. The highest BCUT2D eigenvalue weighted by Crippen LogP contribution is 2.28. The van der Waals surface area contributed by atoms with Crippen LogP contribution in [0.3, 0.4) is 0 Å². The van der Waals surface area contributed by atoms with Crippen LogP contribution in [0.2, 0.25) is 0 Å². The Bertz CT molecular complexity index is 553. The van der Waals surface area contributed by atoms with Crippen molar-refractivity contribution in [1.29, 1.82) is 0 Å². The summed E-state index contributed by atoms with van der Waals surface area (Å²) in [5.74, 6) is 1.69. The fourth-order valence-corrected chi connectivity index (χ4v) is 2.62. The topological polar surface area (TPSA) is 66.0 Å². The molecule has 0 spiro atoms. The van der Waals surface area contributed by atoms with Gasteiger partial charge in [-0.25, -0.2) is 0 Å². The molecule has 0 aliphatic carbocycles. The van der Waals surface area contributed by atoms with Crippen molar-refractivity contribution in [3.63, 3.8) is 0 Å². The van der Waals surface area contributed by atoms with Crippen LogP contribution < -0.4 is 0 Å². The van der Waals surface area contributed by atoms with Crippen LogP contribution in [0.1, 0.15) is 37.4 Å². The van der Waals surface area contributed by atoms with Crippen LogP contribution in [-0.2, 0) is 11.3 Å². The molecule has 3 rings (SSSR count). The van der Waals surface area contributed by atoms with E-state index in [1.54, 1.807) is 10.9 Å². The van der Waals surface area contributed by atoms with Gasteiger partial charge in [-0.05, 0) is 35.7 Å². The van der Waals surface area contributed by atoms with Crippen LogP contribution in [0.5, 0.6) is 0 Å². The molecule has 0 saturated carbocycles. The Morgan fingerprint density at radius 1 is 1.53 bits per heavy atom. The number of nitrogens with zero attached hydrogens (tertiary/aromatic N) is 4. The van der Waals surface area contributed by atoms with Crippen LogP contribution in [0.25, 0.3) is 0 Å². The molecule has 0 amide bonds. The zero-order valence-electron chi connectivity index (χ0n) is 10.6. The molecular formula is C12H15BrN4O2. The van der Waals surface area contributed by atoms with Crippen molar-refractivity contribution in [2.45, 2.75) is 38.3 Å². The van der Waals surface area contributed by atoms with Crippen molar-refractivity contribution in [2.24, 2.45) is 0 Å². The Morgan fingerprint density at radius 2 is 2.42 bits per heavy atom. The van der Waals surface area contributed by atoms with E-state index in [4.69, 9.17) is 9.26 Å². The second-order valence-corrected chi connectivity index (χ2v) is 5.72. The maximum absolute atomic E-state index is 5.53. The summed E-state index contributed by atoms with van der Waals surface area (Å²) in [7, 11) is 0. The van der Waals surface area contributed by atoms with Gasteiger partial charge in [-0.15, -0.1) is 0 Å². The normalized spacial score (nSPS) is 23.7. The van der Waals surface area contributed by atoms with Gasteiger partial charge >= 0.3 is 0 Å². The smallest absolute Gasteiger partial charge is 0.230 e. The van der Waals surface area contributed by atoms with E-state index in [2.05, 4.69) is 38.1 Å². The highest BCUT2D eigenvalue weighted by Gasteiger charge is 2.25. The summed E-state index contributed by atoms with van der Waals surface area (Å²) in [6.45, 7) is 3.36. The molecule has 3 heterocycles. The van der Waals surface area contributed by atoms with Crippen LogP contribution in [-0.4, -0.2) is 32.6 Å². The van der Waals surface area contributed by atoms with Gasteiger partial charge < -0.3 is 9.26 Å². The molecule has 2 unspecified atom stereocenters. The van der Waals surface area contributed by atoms with E-state index in [1.165, 1.54) is 0 Å². The molecule has 1 aliphatic rings. The number of ether oxygens (including phenoxy) is 1. The zero-order valence-corrected chi connectivity index (χ0v) is 12.2. The fourth-order valence-electron chi connectivity index (χ4n) is 2.29. The summed E-state index contributed by atoms with van der Waals surface area (Å²) in [5, 5.41) is 8.19. The Hall–Kier alpha value is -1.21. The summed E-state index contributed by atoms with van der Waals surface area (Å²) in [6, 6.07) is 0. The largest absolute Gasteiger partial charge is 0.378 e. The van der Waals surface area contributed by atoms with Crippen molar-refractivity contribution in [3.8, 4) is 0 Å². The average molecular weight is 327 g/mol. The van der Waals surface area contributed by atoms with Crippen molar-refractivity contribution < 1.29 is 9.26 Å². The quantitative estimate of drug-likeness (QED) is 0.866. The monoisotopic (exact) mass is 326 g/mol. The van der Waals surface area contributed by atoms with Crippen LogP contribution in [0.4, 0.5) is 0 Å². The van der Waals surface area contributed by atoms with E-state index < -0.39 is 0 Å². The van der Waals surface area contributed by atoms with Gasteiger partial charge in [-0.1, -0.05) is 5.16 Å². The Kier molecular flexibility index (Phi) is 3.65. The molecule has 1 saturated heterocycles. The van der Waals surface area contributed by atoms with Gasteiger partial charge in [0.1, 0.15) is 6.54 Å². The highest BCUT2D eigenvalue weighted by molar-refractivity contribution is 9.10. The van der Waals surface area contributed by atoms with Crippen molar-refractivity contribution >= 4 is 15.9 Å². The maximum Gasteiger partial charge on any atom is 0.230 e. The summed E-state index contributed by atoms with van der Waals surface area (Å²) in [5.41, 5.74) is 0. The molecule has 2 aromatic rings. The number of halogens is 1. The number of rotatable bonds is 3. The zero-order chi connectivity index (χ0) is 13.2. The standard InChI is InChI=1S/C12H15BrN4O2/c1-8-4-9(2-3-18-8)12-15-11(16-19-12)7-17-6-10(13)5-14-17/h5-6,8-9H,2-4,7H2,1H3. The lowest BCUT2D eigenvalue weighted by Gasteiger charge is -2.24. The fraction of sp³-hybridized carbons (Fsp3) is 0.583. The van der Waals surface area contributed by atoms with Crippen molar-refractivity contribution in [1.82, 2.24) is 19.9 Å². The van der Waals surface area contributed by atoms with E-state index in [0.29, 0.717) is 18.3 Å². The van der Waals surface area contributed by atoms with Crippen LogP contribution in [0.15, 0.2) is 21.4 Å². The van der Waals surface area contributed by atoms with E-state index in [1.807, 2.05) is 6.20 Å². The number of hydrogen-bond donors (Lipinski definition) is 0. The highest BCUT2D eigenvalue weighted by atomic mass is 79.9. The molecule has 2 atom stereocenters. The molecule has 102 valence electrons. The molecule has 2 aromatic heterocycles.